The number of sulfonamides is 1. The molecule has 0 aromatic heterocycles. The highest BCUT2D eigenvalue weighted by Crippen LogP contribution is 2.34. The Bertz CT molecular complexity index is 952. The van der Waals surface area contributed by atoms with Crippen molar-refractivity contribution in [3.05, 3.63) is 47.5 Å². The summed E-state index contributed by atoms with van der Waals surface area (Å²) in [6.07, 6.45) is 1.17. The Kier molecular flexibility index (Phi) is 5.27. The number of hydrogen-bond donors (Lipinski definition) is 1. The standard InChI is InChI=1S/C19H22N2O5S/c1-13-5-4-6-14(2)19(13)21(27(3,23)24)10-9-18(22)20-15-7-8-16-17(11-15)26-12-25-16/h4-8,11H,9-10,12H2,1-3H3,(H,20,22). The van der Waals surface area contributed by atoms with Gasteiger partial charge in [-0.25, -0.2) is 8.42 Å². The van der Waals surface area contributed by atoms with Crippen LogP contribution in [0.25, 0.3) is 0 Å². The molecule has 7 nitrogen and oxygen atoms in total. The van der Waals surface area contributed by atoms with Gasteiger partial charge < -0.3 is 14.8 Å². The molecule has 0 aliphatic carbocycles. The molecule has 1 N–H and O–H groups in total. The first-order valence-corrected chi connectivity index (χ1v) is 10.3. The number of rotatable bonds is 6. The molecule has 0 radical (unpaired) electrons. The molecule has 0 saturated heterocycles. The molecule has 2 aromatic rings. The molecule has 1 heterocycles. The summed E-state index contributed by atoms with van der Waals surface area (Å²) in [5.41, 5.74) is 2.88. The number of hydrogen-bond acceptors (Lipinski definition) is 5. The molecule has 0 fully saturated rings. The average molecular weight is 390 g/mol. The van der Waals surface area contributed by atoms with Crippen molar-refractivity contribution in [3.8, 4) is 11.5 Å². The number of nitrogens with one attached hydrogen (secondary N) is 1. The second-order valence-electron chi connectivity index (χ2n) is 6.44. The molecular formula is C19H22N2O5S. The number of carbonyl (C=O) groups excluding carboxylic acids is 1. The number of para-hydroxylation sites is 1. The van der Waals surface area contributed by atoms with E-state index in [0.29, 0.717) is 22.9 Å². The van der Waals surface area contributed by atoms with Gasteiger partial charge in [-0.3, -0.25) is 9.10 Å². The van der Waals surface area contributed by atoms with E-state index in [4.69, 9.17) is 9.47 Å². The van der Waals surface area contributed by atoms with Gasteiger partial charge in [-0.1, -0.05) is 18.2 Å². The van der Waals surface area contributed by atoms with Crippen molar-refractivity contribution < 1.29 is 22.7 Å². The van der Waals surface area contributed by atoms with E-state index in [1.807, 2.05) is 32.0 Å². The van der Waals surface area contributed by atoms with Gasteiger partial charge in [0.15, 0.2) is 11.5 Å². The van der Waals surface area contributed by atoms with Crippen molar-refractivity contribution >= 4 is 27.3 Å². The highest BCUT2D eigenvalue weighted by molar-refractivity contribution is 7.92. The Morgan fingerprint density at radius 2 is 1.78 bits per heavy atom. The van der Waals surface area contributed by atoms with E-state index in [-0.39, 0.29) is 25.7 Å². The van der Waals surface area contributed by atoms with Crippen molar-refractivity contribution in [2.24, 2.45) is 0 Å². The molecule has 27 heavy (non-hydrogen) atoms. The molecule has 0 spiro atoms. The number of amides is 1. The molecule has 3 rings (SSSR count). The molecule has 0 bridgehead atoms. The van der Waals surface area contributed by atoms with E-state index in [1.165, 1.54) is 4.31 Å². The first-order valence-electron chi connectivity index (χ1n) is 8.49. The predicted octanol–water partition coefficient (Wildman–Crippen LogP) is 2.83. The lowest BCUT2D eigenvalue weighted by Gasteiger charge is -2.25. The zero-order chi connectivity index (χ0) is 19.6. The van der Waals surface area contributed by atoms with Crippen molar-refractivity contribution in [3.63, 3.8) is 0 Å². The molecule has 8 heteroatoms. The highest BCUT2D eigenvalue weighted by Gasteiger charge is 2.22. The first kappa shape index (κ1) is 19.0. The van der Waals surface area contributed by atoms with Gasteiger partial charge in [0.05, 0.1) is 11.9 Å². The Morgan fingerprint density at radius 1 is 1.11 bits per heavy atom. The van der Waals surface area contributed by atoms with Crippen LogP contribution in [0.15, 0.2) is 36.4 Å². The van der Waals surface area contributed by atoms with E-state index < -0.39 is 10.0 Å². The van der Waals surface area contributed by atoms with E-state index >= 15 is 0 Å². The van der Waals surface area contributed by atoms with E-state index in [2.05, 4.69) is 5.32 Å². The van der Waals surface area contributed by atoms with Gasteiger partial charge in [0.2, 0.25) is 22.7 Å². The summed E-state index contributed by atoms with van der Waals surface area (Å²) in [5, 5.41) is 2.76. The number of benzene rings is 2. The van der Waals surface area contributed by atoms with Crippen molar-refractivity contribution in [1.82, 2.24) is 0 Å². The van der Waals surface area contributed by atoms with Crippen LogP contribution in [-0.2, 0) is 14.8 Å². The molecule has 0 saturated carbocycles. The maximum absolute atomic E-state index is 12.3. The number of anilines is 2. The molecule has 0 atom stereocenters. The SMILES string of the molecule is Cc1cccc(C)c1N(CCC(=O)Nc1ccc2c(c1)OCO2)S(C)(=O)=O. The van der Waals surface area contributed by atoms with Crippen LogP contribution in [0.1, 0.15) is 17.5 Å². The molecule has 2 aromatic carbocycles. The van der Waals surface area contributed by atoms with E-state index in [1.54, 1.807) is 18.2 Å². The minimum absolute atomic E-state index is 0.0231. The number of fused-ring (bicyclic) bond motifs is 1. The van der Waals surface area contributed by atoms with Crippen molar-refractivity contribution in [2.45, 2.75) is 20.3 Å². The summed E-state index contributed by atoms with van der Waals surface area (Å²) < 4.78 is 36.4. The maximum Gasteiger partial charge on any atom is 0.232 e. The summed E-state index contributed by atoms with van der Waals surface area (Å²) in [6, 6.07) is 10.7. The third-order valence-electron chi connectivity index (χ3n) is 4.29. The Morgan fingerprint density at radius 3 is 2.44 bits per heavy atom. The van der Waals surface area contributed by atoms with E-state index in [9.17, 15) is 13.2 Å². The predicted molar refractivity (Wildman–Crippen MR) is 104 cm³/mol. The number of ether oxygens (including phenoxy) is 2. The molecular weight excluding hydrogens is 368 g/mol. The normalized spacial score (nSPS) is 12.7. The minimum atomic E-state index is -3.52. The fourth-order valence-corrected chi connectivity index (χ4v) is 4.09. The fourth-order valence-electron chi connectivity index (χ4n) is 3.04. The van der Waals surface area contributed by atoms with Crippen LogP contribution in [-0.4, -0.2) is 33.9 Å². The minimum Gasteiger partial charge on any atom is -0.454 e. The summed E-state index contributed by atoms with van der Waals surface area (Å²) in [6.45, 7) is 3.92. The second-order valence-corrected chi connectivity index (χ2v) is 8.35. The topological polar surface area (TPSA) is 84.9 Å². The zero-order valence-corrected chi connectivity index (χ0v) is 16.3. The Labute approximate surface area is 158 Å². The second kappa shape index (κ2) is 7.48. The monoisotopic (exact) mass is 390 g/mol. The van der Waals surface area contributed by atoms with E-state index in [0.717, 1.165) is 17.4 Å². The summed E-state index contributed by atoms with van der Waals surface area (Å²) in [5.74, 6) is 0.918. The highest BCUT2D eigenvalue weighted by atomic mass is 32.2. The lowest BCUT2D eigenvalue weighted by molar-refractivity contribution is -0.116. The number of nitrogens with zero attached hydrogens (tertiary/aromatic N) is 1. The van der Waals surface area contributed by atoms with Crippen LogP contribution in [0.4, 0.5) is 11.4 Å². The molecule has 144 valence electrons. The summed E-state index contributed by atoms with van der Waals surface area (Å²) in [4.78, 5) is 12.3. The van der Waals surface area contributed by atoms with Gasteiger partial charge in [0.1, 0.15) is 0 Å². The first-order chi connectivity index (χ1) is 12.8. The van der Waals surface area contributed by atoms with Gasteiger partial charge in [-0.05, 0) is 37.1 Å². The van der Waals surface area contributed by atoms with Crippen LogP contribution >= 0.6 is 0 Å². The number of aryl methyl sites for hydroxylation is 2. The van der Waals surface area contributed by atoms with Crippen molar-refractivity contribution in [2.75, 3.05) is 29.2 Å². The van der Waals surface area contributed by atoms with Gasteiger partial charge in [-0.15, -0.1) is 0 Å². The number of carbonyl (C=O) groups is 1. The summed E-state index contributed by atoms with van der Waals surface area (Å²) in [7, 11) is -3.52. The third-order valence-corrected chi connectivity index (χ3v) is 5.45. The third kappa shape index (κ3) is 4.33. The molecule has 1 aliphatic rings. The smallest absolute Gasteiger partial charge is 0.232 e. The van der Waals surface area contributed by atoms with Crippen molar-refractivity contribution in [1.29, 1.82) is 0 Å². The average Bonchev–Trinajstić information content (AvgIpc) is 3.04. The maximum atomic E-state index is 12.3. The Hall–Kier alpha value is -2.74. The molecule has 1 aliphatic heterocycles. The van der Waals surface area contributed by atoms with Crippen LogP contribution in [0.5, 0.6) is 11.5 Å². The van der Waals surface area contributed by atoms with Gasteiger partial charge >= 0.3 is 0 Å². The lowest BCUT2D eigenvalue weighted by atomic mass is 10.1. The largest absolute Gasteiger partial charge is 0.454 e. The van der Waals surface area contributed by atoms with Crippen LogP contribution in [0.2, 0.25) is 0 Å². The molecule has 0 unspecified atom stereocenters. The van der Waals surface area contributed by atoms with Crippen LogP contribution < -0.4 is 19.1 Å². The Balaban J connectivity index is 1.71. The van der Waals surface area contributed by atoms with Gasteiger partial charge in [0.25, 0.3) is 0 Å². The van der Waals surface area contributed by atoms with Gasteiger partial charge in [0, 0.05) is 24.7 Å². The molecule has 1 amide bonds. The summed E-state index contributed by atoms with van der Waals surface area (Å²) >= 11 is 0. The lowest BCUT2D eigenvalue weighted by Crippen LogP contribution is -2.34. The quantitative estimate of drug-likeness (QED) is 0.820. The van der Waals surface area contributed by atoms with Crippen LogP contribution in [0.3, 0.4) is 0 Å². The van der Waals surface area contributed by atoms with Gasteiger partial charge in [-0.2, -0.15) is 0 Å². The fraction of sp³-hybridized carbons (Fsp3) is 0.316. The van der Waals surface area contributed by atoms with Crippen LogP contribution in [0, 0.1) is 13.8 Å². The zero-order valence-electron chi connectivity index (χ0n) is 15.5.